The molecule has 1 aliphatic heterocycles. The Hall–Kier alpha value is -2.66. The number of nitrogens with one attached hydrogen (secondary N) is 1. The van der Waals surface area contributed by atoms with E-state index in [0.717, 1.165) is 37.1 Å². The van der Waals surface area contributed by atoms with E-state index in [9.17, 15) is 9.59 Å². The third kappa shape index (κ3) is 6.92. The highest BCUT2D eigenvalue weighted by molar-refractivity contribution is 6.02. The first kappa shape index (κ1) is 25.6. The lowest BCUT2D eigenvalue weighted by molar-refractivity contribution is 0.0793. The van der Waals surface area contributed by atoms with Crippen LogP contribution in [-0.2, 0) is 6.54 Å². The Labute approximate surface area is 193 Å². The number of hydrogen-bond acceptors (Lipinski definition) is 3. The maximum atomic E-state index is 12.8. The maximum Gasteiger partial charge on any atom is 0.254 e. The van der Waals surface area contributed by atoms with Crippen molar-refractivity contribution >= 4 is 11.8 Å². The molecule has 0 spiro atoms. The number of amides is 2. The van der Waals surface area contributed by atoms with Gasteiger partial charge in [-0.3, -0.25) is 9.59 Å². The van der Waals surface area contributed by atoms with Gasteiger partial charge in [0.1, 0.15) is 0 Å². The molecule has 1 aliphatic rings. The number of benzene rings is 1. The Bertz CT molecular complexity index is 843. The number of fused-ring (bicyclic) bond motifs is 1. The van der Waals surface area contributed by atoms with Crippen molar-refractivity contribution in [2.24, 2.45) is 0 Å². The third-order valence-corrected chi connectivity index (χ3v) is 5.97. The van der Waals surface area contributed by atoms with Crippen LogP contribution in [0.4, 0.5) is 0 Å². The van der Waals surface area contributed by atoms with Crippen molar-refractivity contribution in [3.8, 4) is 0 Å². The van der Waals surface area contributed by atoms with Crippen LogP contribution < -0.4 is 5.32 Å². The highest BCUT2D eigenvalue weighted by Crippen LogP contribution is 2.25. The molecule has 5 nitrogen and oxygen atoms in total. The minimum atomic E-state index is -0.124. The first-order valence-electron chi connectivity index (χ1n) is 11.8. The molecule has 174 valence electrons. The standard InChI is InChI=1S/C27H39N3O2/c1-6-11-21(5)29(16-8-3)17-10-15-28-26(31)23-13-14-24-20-30(27(32)25(24)18-23)19-22(9-4)12-7-2/h7,9,12-14,18,21H,2,4,6,8,10-11,15-17,19-20H2,1,3,5H3,(H,28,31)/b22-12+. The van der Waals surface area contributed by atoms with Crippen molar-refractivity contribution < 1.29 is 9.59 Å². The highest BCUT2D eigenvalue weighted by atomic mass is 16.2. The lowest BCUT2D eigenvalue weighted by Crippen LogP contribution is -2.36. The van der Waals surface area contributed by atoms with Gasteiger partial charge in [-0.15, -0.1) is 0 Å². The number of carbonyl (C=O) groups excluding carboxylic acids is 2. The van der Waals surface area contributed by atoms with Gasteiger partial charge < -0.3 is 15.1 Å². The molecule has 1 N–H and O–H groups in total. The van der Waals surface area contributed by atoms with Gasteiger partial charge in [-0.2, -0.15) is 0 Å². The number of nitrogens with zero attached hydrogens (tertiary/aromatic N) is 2. The molecule has 0 radical (unpaired) electrons. The summed E-state index contributed by atoms with van der Waals surface area (Å²) in [6.07, 6.45) is 9.72. The Morgan fingerprint density at radius 2 is 2.03 bits per heavy atom. The van der Waals surface area contributed by atoms with Gasteiger partial charge in [0.05, 0.1) is 0 Å². The molecule has 1 heterocycles. The van der Waals surface area contributed by atoms with Crippen molar-refractivity contribution in [1.82, 2.24) is 15.1 Å². The van der Waals surface area contributed by atoms with Crippen molar-refractivity contribution in [2.45, 2.75) is 59.0 Å². The summed E-state index contributed by atoms with van der Waals surface area (Å²) in [6.45, 7) is 17.9. The Morgan fingerprint density at radius 3 is 2.69 bits per heavy atom. The maximum absolute atomic E-state index is 12.8. The van der Waals surface area contributed by atoms with E-state index in [2.05, 4.69) is 44.1 Å². The zero-order valence-corrected chi connectivity index (χ0v) is 20.0. The van der Waals surface area contributed by atoms with E-state index in [4.69, 9.17) is 0 Å². The summed E-state index contributed by atoms with van der Waals surface area (Å²) in [5, 5.41) is 3.02. The monoisotopic (exact) mass is 437 g/mol. The molecule has 5 heteroatoms. The molecule has 0 aromatic heterocycles. The molecule has 2 amide bonds. The number of hydrogen-bond donors (Lipinski definition) is 1. The molecule has 0 saturated heterocycles. The number of rotatable bonds is 14. The van der Waals surface area contributed by atoms with Crippen LogP contribution in [-0.4, -0.2) is 53.8 Å². The summed E-state index contributed by atoms with van der Waals surface area (Å²) in [5.74, 6) is -0.174. The van der Waals surface area contributed by atoms with E-state index < -0.39 is 0 Å². The lowest BCUT2D eigenvalue weighted by Gasteiger charge is -2.28. The zero-order chi connectivity index (χ0) is 23.5. The molecular formula is C27H39N3O2. The molecule has 0 saturated carbocycles. The second-order valence-electron chi connectivity index (χ2n) is 8.50. The van der Waals surface area contributed by atoms with Gasteiger partial charge in [-0.25, -0.2) is 0 Å². The predicted molar refractivity (Wildman–Crippen MR) is 133 cm³/mol. The normalized spacial score (nSPS) is 14.4. The Kier molecular flexibility index (Phi) is 10.4. The van der Waals surface area contributed by atoms with Crippen LogP contribution in [0.1, 0.15) is 72.7 Å². The summed E-state index contributed by atoms with van der Waals surface area (Å²) in [6, 6.07) is 6.00. The van der Waals surface area contributed by atoms with Crippen LogP contribution >= 0.6 is 0 Å². The molecule has 0 bridgehead atoms. The lowest BCUT2D eigenvalue weighted by atomic mass is 10.1. The van der Waals surface area contributed by atoms with Gasteiger partial charge in [0.2, 0.25) is 0 Å². The number of allylic oxidation sites excluding steroid dienone is 2. The Balaban J connectivity index is 1.91. The van der Waals surface area contributed by atoms with Crippen molar-refractivity contribution in [2.75, 3.05) is 26.2 Å². The first-order valence-corrected chi connectivity index (χ1v) is 11.8. The minimum Gasteiger partial charge on any atom is -0.352 e. The smallest absolute Gasteiger partial charge is 0.254 e. The largest absolute Gasteiger partial charge is 0.352 e. The van der Waals surface area contributed by atoms with E-state index in [1.807, 2.05) is 18.2 Å². The van der Waals surface area contributed by atoms with E-state index in [1.165, 1.54) is 12.8 Å². The van der Waals surface area contributed by atoms with E-state index in [1.54, 1.807) is 23.1 Å². The van der Waals surface area contributed by atoms with Gasteiger partial charge >= 0.3 is 0 Å². The van der Waals surface area contributed by atoms with Crippen molar-refractivity contribution in [3.05, 3.63) is 71.8 Å². The van der Waals surface area contributed by atoms with Crippen LogP contribution in [0, 0.1) is 0 Å². The predicted octanol–water partition coefficient (Wildman–Crippen LogP) is 4.96. The van der Waals surface area contributed by atoms with Crippen LogP contribution in [0.3, 0.4) is 0 Å². The molecule has 1 unspecified atom stereocenters. The highest BCUT2D eigenvalue weighted by Gasteiger charge is 2.28. The summed E-state index contributed by atoms with van der Waals surface area (Å²) in [7, 11) is 0. The molecule has 1 atom stereocenters. The van der Waals surface area contributed by atoms with Crippen LogP contribution in [0.25, 0.3) is 0 Å². The molecule has 0 fully saturated rings. The fourth-order valence-electron chi connectivity index (χ4n) is 4.21. The Morgan fingerprint density at radius 1 is 1.25 bits per heavy atom. The SMILES string of the molecule is C=C/C=C(\C=C)CN1Cc2ccc(C(=O)NCCCN(CCC)C(C)CCC)cc2C1=O. The third-order valence-electron chi connectivity index (χ3n) is 5.97. The fourth-order valence-corrected chi connectivity index (χ4v) is 4.21. The molecular weight excluding hydrogens is 398 g/mol. The molecule has 1 aromatic carbocycles. The zero-order valence-electron chi connectivity index (χ0n) is 20.0. The van der Waals surface area contributed by atoms with Crippen LogP contribution in [0.5, 0.6) is 0 Å². The molecule has 2 rings (SSSR count). The van der Waals surface area contributed by atoms with Gasteiger partial charge in [0.15, 0.2) is 0 Å². The fraction of sp³-hybridized carbons (Fsp3) is 0.481. The summed E-state index contributed by atoms with van der Waals surface area (Å²) in [4.78, 5) is 29.8. The van der Waals surface area contributed by atoms with Gasteiger partial charge in [0.25, 0.3) is 11.8 Å². The van der Waals surface area contributed by atoms with E-state index >= 15 is 0 Å². The molecule has 32 heavy (non-hydrogen) atoms. The summed E-state index contributed by atoms with van der Waals surface area (Å²) in [5.41, 5.74) is 3.04. The quantitative estimate of drug-likeness (QED) is 0.331. The van der Waals surface area contributed by atoms with Crippen molar-refractivity contribution in [1.29, 1.82) is 0 Å². The summed E-state index contributed by atoms with van der Waals surface area (Å²) >= 11 is 0. The van der Waals surface area contributed by atoms with Gasteiger partial charge in [-0.05, 0) is 56.0 Å². The average molecular weight is 438 g/mol. The topological polar surface area (TPSA) is 52.7 Å². The van der Waals surface area contributed by atoms with E-state index in [0.29, 0.717) is 36.8 Å². The van der Waals surface area contributed by atoms with Crippen LogP contribution in [0.15, 0.2) is 55.2 Å². The molecule has 1 aromatic rings. The van der Waals surface area contributed by atoms with Crippen LogP contribution in [0.2, 0.25) is 0 Å². The van der Waals surface area contributed by atoms with Gasteiger partial charge in [-0.1, -0.05) is 57.7 Å². The van der Waals surface area contributed by atoms with E-state index in [-0.39, 0.29) is 11.8 Å². The minimum absolute atomic E-state index is 0.0495. The first-order chi connectivity index (χ1) is 15.4. The summed E-state index contributed by atoms with van der Waals surface area (Å²) < 4.78 is 0. The second-order valence-corrected chi connectivity index (χ2v) is 8.50. The van der Waals surface area contributed by atoms with Gasteiger partial charge in [0, 0.05) is 43.3 Å². The second kappa shape index (κ2) is 13.0. The molecule has 0 aliphatic carbocycles. The van der Waals surface area contributed by atoms with Crippen molar-refractivity contribution in [3.63, 3.8) is 0 Å². The average Bonchev–Trinajstić information content (AvgIpc) is 3.10. The number of carbonyl (C=O) groups is 2.